The van der Waals surface area contributed by atoms with E-state index in [4.69, 9.17) is 14.2 Å². The second-order valence-electron chi connectivity index (χ2n) is 4.67. The van der Waals surface area contributed by atoms with Crippen molar-refractivity contribution in [2.24, 2.45) is 0 Å². The molecule has 1 amide bonds. The Balaban J connectivity index is 3.15. The van der Waals surface area contributed by atoms with Gasteiger partial charge in [-0.1, -0.05) is 0 Å². The van der Waals surface area contributed by atoms with Gasteiger partial charge in [0.15, 0.2) is 0 Å². The number of thiol groups is 1. The summed E-state index contributed by atoms with van der Waals surface area (Å²) in [6.45, 7) is 7.54. The van der Waals surface area contributed by atoms with E-state index in [9.17, 15) is 4.79 Å². The first kappa shape index (κ1) is 19.7. The Hall–Kier alpha value is -0.300. The molecule has 120 valence electrons. The van der Waals surface area contributed by atoms with Crippen LogP contribution in [0.25, 0.3) is 0 Å². The zero-order valence-corrected chi connectivity index (χ0v) is 13.6. The van der Waals surface area contributed by atoms with Crippen LogP contribution in [0, 0.1) is 0 Å². The summed E-state index contributed by atoms with van der Waals surface area (Å²) in [7, 11) is 0. The Labute approximate surface area is 128 Å². The number of carbonyl (C=O) groups excluding carboxylic acids is 1. The van der Waals surface area contributed by atoms with Crippen molar-refractivity contribution in [1.29, 1.82) is 0 Å². The number of ether oxygens (including phenoxy) is 3. The first-order valence-corrected chi connectivity index (χ1v) is 7.94. The van der Waals surface area contributed by atoms with Gasteiger partial charge in [0.05, 0.1) is 25.9 Å². The third kappa shape index (κ3) is 15.8. The van der Waals surface area contributed by atoms with Crippen molar-refractivity contribution in [3.8, 4) is 0 Å². The van der Waals surface area contributed by atoms with Crippen LogP contribution in [0.4, 0.5) is 0 Å². The van der Waals surface area contributed by atoms with E-state index >= 15 is 0 Å². The zero-order valence-electron chi connectivity index (χ0n) is 12.7. The number of rotatable bonds is 14. The molecule has 0 unspecified atom stereocenters. The lowest BCUT2D eigenvalue weighted by molar-refractivity contribution is -0.121. The normalized spacial score (nSPS) is 11.0. The van der Waals surface area contributed by atoms with Crippen molar-refractivity contribution < 1.29 is 19.0 Å². The Kier molecular flexibility index (Phi) is 14.9. The van der Waals surface area contributed by atoms with E-state index < -0.39 is 0 Å². The van der Waals surface area contributed by atoms with Crippen LogP contribution in [0.2, 0.25) is 0 Å². The number of hydrogen-bond donors (Lipinski definition) is 2. The van der Waals surface area contributed by atoms with E-state index in [0.29, 0.717) is 39.4 Å². The van der Waals surface area contributed by atoms with Crippen LogP contribution in [-0.4, -0.2) is 57.3 Å². The molecule has 0 rings (SSSR count). The average molecular weight is 307 g/mol. The fraction of sp³-hybridized carbons (Fsp3) is 0.929. The van der Waals surface area contributed by atoms with Gasteiger partial charge >= 0.3 is 0 Å². The largest absolute Gasteiger partial charge is 0.379 e. The van der Waals surface area contributed by atoms with Gasteiger partial charge in [-0.05, 0) is 32.4 Å². The summed E-state index contributed by atoms with van der Waals surface area (Å²) >= 11 is 4.09. The smallest absolute Gasteiger partial charge is 0.220 e. The summed E-state index contributed by atoms with van der Waals surface area (Å²) in [6, 6.07) is 0. The molecule has 0 aromatic heterocycles. The highest BCUT2D eigenvalue weighted by Crippen LogP contribution is 1.94. The first-order valence-electron chi connectivity index (χ1n) is 7.31. The number of amides is 1. The predicted octanol–water partition coefficient (Wildman–Crippen LogP) is 1.66. The summed E-state index contributed by atoms with van der Waals surface area (Å²) in [5.41, 5.74) is 0. The molecule has 1 N–H and O–H groups in total. The Morgan fingerprint density at radius 3 is 2.40 bits per heavy atom. The molecule has 0 radical (unpaired) electrons. The highest BCUT2D eigenvalue weighted by molar-refractivity contribution is 7.80. The topological polar surface area (TPSA) is 56.8 Å². The summed E-state index contributed by atoms with van der Waals surface area (Å²) in [6.07, 6.45) is 2.43. The van der Waals surface area contributed by atoms with Crippen molar-refractivity contribution >= 4 is 18.5 Å². The molecule has 0 aliphatic heterocycles. The minimum Gasteiger partial charge on any atom is -0.379 e. The highest BCUT2D eigenvalue weighted by atomic mass is 32.1. The number of hydrogen-bond acceptors (Lipinski definition) is 5. The third-order valence-electron chi connectivity index (χ3n) is 2.39. The Morgan fingerprint density at radius 2 is 1.75 bits per heavy atom. The van der Waals surface area contributed by atoms with Gasteiger partial charge in [0, 0.05) is 26.2 Å². The molecular weight excluding hydrogens is 278 g/mol. The fourth-order valence-corrected chi connectivity index (χ4v) is 1.52. The van der Waals surface area contributed by atoms with Crippen LogP contribution >= 0.6 is 12.6 Å². The van der Waals surface area contributed by atoms with Gasteiger partial charge in [0.25, 0.3) is 0 Å². The molecule has 6 heteroatoms. The zero-order chi connectivity index (χ0) is 15.1. The Morgan fingerprint density at radius 1 is 1.05 bits per heavy atom. The van der Waals surface area contributed by atoms with Crippen LogP contribution < -0.4 is 5.32 Å². The van der Waals surface area contributed by atoms with Crippen molar-refractivity contribution in [1.82, 2.24) is 5.32 Å². The molecule has 0 aromatic carbocycles. The standard InChI is InChI=1S/C14H29NO4S/c1-13(2)19-8-3-5-14(16)15-6-9-18-11-10-17-7-4-12-20/h13,20H,3-12H2,1-2H3,(H,15,16). The fourth-order valence-electron chi connectivity index (χ4n) is 1.39. The van der Waals surface area contributed by atoms with Crippen LogP contribution in [-0.2, 0) is 19.0 Å². The molecular formula is C14H29NO4S. The van der Waals surface area contributed by atoms with Crippen molar-refractivity contribution in [3.05, 3.63) is 0 Å². The maximum Gasteiger partial charge on any atom is 0.220 e. The molecule has 0 heterocycles. The molecule has 0 aliphatic carbocycles. The van der Waals surface area contributed by atoms with Gasteiger partial charge in [-0.25, -0.2) is 0 Å². The van der Waals surface area contributed by atoms with Crippen molar-refractivity contribution in [2.45, 2.75) is 39.2 Å². The number of nitrogens with one attached hydrogen (secondary N) is 1. The minimum absolute atomic E-state index is 0.0472. The average Bonchev–Trinajstić information content (AvgIpc) is 2.41. The van der Waals surface area contributed by atoms with Gasteiger partial charge in [-0.2, -0.15) is 12.6 Å². The monoisotopic (exact) mass is 307 g/mol. The van der Waals surface area contributed by atoms with E-state index in [-0.39, 0.29) is 12.0 Å². The lowest BCUT2D eigenvalue weighted by Crippen LogP contribution is -2.27. The van der Waals surface area contributed by atoms with E-state index in [1.807, 2.05) is 13.8 Å². The Bertz CT molecular complexity index is 227. The lowest BCUT2D eigenvalue weighted by Gasteiger charge is -2.08. The van der Waals surface area contributed by atoms with E-state index in [1.54, 1.807) is 0 Å². The molecule has 0 aliphatic rings. The van der Waals surface area contributed by atoms with E-state index in [1.165, 1.54) is 0 Å². The maximum atomic E-state index is 11.4. The van der Waals surface area contributed by atoms with Gasteiger partial charge < -0.3 is 19.5 Å². The van der Waals surface area contributed by atoms with Crippen molar-refractivity contribution in [2.75, 3.05) is 45.3 Å². The molecule has 0 saturated heterocycles. The molecule has 20 heavy (non-hydrogen) atoms. The molecule has 0 aromatic rings. The molecule has 0 fully saturated rings. The molecule has 0 spiro atoms. The second kappa shape index (κ2) is 15.1. The van der Waals surface area contributed by atoms with Crippen LogP contribution in [0.1, 0.15) is 33.1 Å². The van der Waals surface area contributed by atoms with Gasteiger partial charge in [-0.3, -0.25) is 4.79 Å². The van der Waals surface area contributed by atoms with Gasteiger partial charge in [0.1, 0.15) is 0 Å². The maximum absolute atomic E-state index is 11.4. The van der Waals surface area contributed by atoms with Gasteiger partial charge in [0.2, 0.25) is 5.91 Å². The van der Waals surface area contributed by atoms with Crippen molar-refractivity contribution in [3.63, 3.8) is 0 Å². The second-order valence-corrected chi connectivity index (χ2v) is 5.12. The van der Waals surface area contributed by atoms with Crippen LogP contribution in [0.3, 0.4) is 0 Å². The van der Waals surface area contributed by atoms with Crippen LogP contribution in [0.5, 0.6) is 0 Å². The van der Waals surface area contributed by atoms with Gasteiger partial charge in [-0.15, -0.1) is 0 Å². The third-order valence-corrected chi connectivity index (χ3v) is 2.70. The lowest BCUT2D eigenvalue weighted by atomic mass is 10.3. The number of carbonyl (C=O) groups is 1. The summed E-state index contributed by atoms with van der Waals surface area (Å²) in [5.74, 6) is 0.890. The van der Waals surface area contributed by atoms with E-state index in [0.717, 1.165) is 25.2 Å². The minimum atomic E-state index is 0.0472. The molecule has 5 nitrogen and oxygen atoms in total. The predicted molar refractivity (Wildman–Crippen MR) is 83.4 cm³/mol. The molecule has 0 saturated carbocycles. The quantitative estimate of drug-likeness (QED) is 0.378. The highest BCUT2D eigenvalue weighted by Gasteiger charge is 2.01. The van der Waals surface area contributed by atoms with Crippen LogP contribution in [0.15, 0.2) is 0 Å². The van der Waals surface area contributed by atoms with E-state index in [2.05, 4.69) is 17.9 Å². The summed E-state index contributed by atoms with van der Waals surface area (Å²) in [4.78, 5) is 11.4. The molecule has 0 bridgehead atoms. The summed E-state index contributed by atoms with van der Waals surface area (Å²) < 4.78 is 16.0. The summed E-state index contributed by atoms with van der Waals surface area (Å²) in [5, 5.41) is 2.81. The molecule has 0 atom stereocenters. The SMILES string of the molecule is CC(C)OCCCC(=O)NCCOCCOCCCS. The first-order chi connectivity index (χ1) is 9.66.